The van der Waals surface area contributed by atoms with Crippen LogP contribution in [0.2, 0.25) is 0 Å². The molecule has 20 heavy (non-hydrogen) atoms. The lowest BCUT2D eigenvalue weighted by atomic mass is 9.81. The van der Waals surface area contributed by atoms with Crippen molar-refractivity contribution in [3.05, 3.63) is 29.8 Å². The van der Waals surface area contributed by atoms with E-state index in [4.69, 9.17) is 4.74 Å². The van der Waals surface area contributed by atoms with E-state index in [0.29, 0.717) is 12.0 Å². The van der Waals surface area contributed by atoms with Gasteiger partial charge in [0.15, 0.2) is 0 Å². The quantitative estimate of drug-likeness (QED) is 0.913. The molecule has 0 saturated heterocycles. The lowest BCUT2D eigenvalue weighted by molar-refractivity contribution is -0.124. The number of amides is 1. The van der Waals surface area contributed by atoms with Gasteiger partial charge >= 0.3 is 0 Å². The predicted octanol–water partition coefficient (Wildman–Crippen LogP) is 3.49. The van der Waals surface area contributed by atoms with Crippen molar-refractivity contribution in [3.8, 4) is 5.75 Å². The van der Waals surface area contributed by atoms with Gasteiger partial charge in [-0.05, 0) is 42.9 Å². The van der Waals surface area contributed by atoms with Gasteiger partial charge < -0.3 is 10.1 Å². The fraction of sp³-hybridized carbons (Fsp3) is 0.588. The van der Waals surface area contributed by atoms with Crippen LogP contribution in [0, 0.1) is 5.92 Å². The Morgan fingerprint density at radius 1 is 1.35 bits per heavy atom. The molecule has 0 heterocycles. The summed E-state index contributed by atoms with van der Waals surface area (Å²) in [5.74, 6) is 1.67. The first-order valence-corrected chi connectivity index (χ1v) is 7.54. The smallest absolute Gasteiger partial charge is 0.222 e. The molecule has 3 heteroatoms. The molecular weight excluding hydrogens is 250 g/mol. The minimum atomic E-state index is 0.0622. The Morgan fingerprint density at radius 3 is 2.85 bits per heavy atom. The first kappa shape index (κ1) is 14.9. The zero-order chi connectivity index (χ0) is 14.5. The van der Waals surface area contributed by atoms with Crippen LogP contribution in [0.15, 0.2) is 24.3 Å². The largest absolute Gasteiger partial charge is 0.497 e. The van der Waals surface area contributed by atoms with Crippen molar-refractivity contribution in [2.24, 2.45) is 5.92 Å². The normalized spacial score (nSPS) is 22.6. The van der Waals surface area contributed by atoms with Crippen LogP contribution >= 0.6 is 0 Å². The van der Waals surface area contributed by atoms with E-state index in [1.165, 1.54) is 18.4 Å². The monoisotopic (exact) mass is 275 g/mol. The topological polar surface area (TPSA) is 38.3 Å². The van der Waals surface area contributed by atoms with E-state index in [1.807, 2.05) is 26.0 Å². The summed E-state index contributed by atoms with van der Waals surface area (Å²) in [6.45, 7) is 3.88. The van der Waals surface area contributed by atoms with E-state index in [9.17, 15) is 4.79 Å². The molecule has 0 aliphatic heterocycles. The maximum Gasteiger partial charge on any atom is 0.222 e. The lowest BCUT2D eigenvalue weighted by Crippen LogP contribution is -2.40. The zero-order valence-electron chi connectivity index (χ0n) is 12.7. The molecule has 1 amide bonds. The highest BCUT2D eigenvalue weighted by molar-refractivity contribution is 5.78. The van der Waals surface area contributed by atoms with Gasteiger partial charge in [0.05, 0.1) is 7.11 Å². The second kappa shape index (κ2) is 6.78. The second-order valence-electron chi connectivity index (χ2n) is 6.00. The van der Waals surface area contributed by atoms with Crippen molar-refractivity contribution in [2.75, 3.05) is 7.11 Å². The average molecular weight is 275 g/mol. The molecule has 2 rings (SSSR count). The number of carbonyl (C=O) groups excluding carboxylic acids is 1. The minimum Gasteiger partial charge on any atom is -0.497 e. The molecule has 0 spiro atoms. The van der Waals surface area contributed by atoms with Gasteiger partial charge in [-0.2, -0.15) is 0 Å². The van der Waals surface area contributed by atoms with Crippen LogP contribution in [0.4, 0.5) is 0 Å². The van der Waals surface area contributed by atoms with Crippen molar-refractivity contribution < 1.29 is 9.53 Å². The minimum absolute atomic E-state index is 0.0622. The van der Waals surface area contributed by atoms with Gasteiger partial charge in [0, 0.05) is 12.0 Å². The van der Waals surface area contributed by atoms with Crippen molar-refractivity contribution in [2.45, 2.75) is 51.5 Å². The summed E-state index contributed by atoms with van der Waals surface area (Å²) in [6, 6.07) is 8.63. The molecule has 1 aromatic carbocycles. The average Bonchev–Trinajstić information content (AvgIpc) is 2.47. The first-order valence-electron chi connectivity index (χ1n) is 7.54. The first-order chi connectivity index (χ1) is 9.60. The standard InChI is InChI=1S/C17H25NO2/c1-12(2)17(19)18-15-8-4-6-13(10-15)14-7-5-9-16(11-14)20-3/h5,7,9,11-13,15H,4,6,8,10H2,1-3H3,(H,18,19)/t13-,15+/m0/s1. The maximum atomic E-state index is 11.8. The second-order valence-corrected chi connectivity index (χ2v) is 6.00. The van der Waals surface area contributed by atoms with Gasteiger partial charge in [0.25, 0.3) is 0 Å². The summed E-state index contributed by atoms with van der Waals surface area (Å²) >= 11 is 0. The van der Waals surface area contributed by atoms with Crippen LogP contribution in [0.25, 0.3) is 0 Å². The summed E-state index contributed by atoms with van der Waals surface area (Å²) < 4.78 is 5.30. The highest BCUT2D eigenvalue weighted by atomic mass is 16.5. The van der Waals surface area contributed by atoms with Crippen molar-refractivity contribution in [1.29, 1.82) is 0 Å². The van der Waals surface area contributed by atoms with Crippen molar-refractivity contribution >= 4 is 5.91 Å². The number of hydrogen-bond acceptors (Lipinski definition) is 2. The van der Waals surface area contributed by atoms with Gasteiger partial charge in [-0.1, -0.05) is 32.4 Å². The van der Waals surface area contributed by atoms with Crippen LogP contribution in [-0.2, 0) is 4.79 Å². The molecular formula is C17H25NO2. The molecule has 1 aliphatic carbocycles. The molecule has 1 aliphatic rings. The molecule has 0 bridgehead atoms. The van der Waals surface area contributed by atoms with Crippen LogP contribution in [0.1, 0.15) is 51.0 Å². The third-order valence-corrected chi connectivity index (χ3v) is 4.11. The Labute approximate surface area is 121 Å². The number of carbonyl (C=O) groups is 1. The van der Waals surface area contributed by atoms with Crippen LogP contribution in [0.3, 0.4) is 0 Å². The van der Waals surface area contributed by atoms with E-state index >= 15 is 0 Å². The summed E-state index contributed by atoms with van der Waals surface area (Å²) in [7, 11) is 1.70. The molecule has 1 aromatic rings. The van der Waals surface area contributed by atoms with E-state index in [1.54, 1.807) is 7.11 Å². The number of hydrogen-bond donors (Lipinski definition) is 1. The number of nitrogens with one attached hydrogen (secondary N) is 1. The van der Waals surface area contributed by atoms with E-state index < -0.39 is 0 Å². The molecule has 3 nitrogen and oxygen atoms in total. The number of methoxy groups -OCH3 is 1. The van der Waals surface area contributed by atoms with E-state index in [-0.39, 0.29) is 11.8 Å². The summed E-state index contributed by atoms with van der Waals surface area (Å²) in [5, 5.41) is 3.18. The lowest BCUT2D eigenvalue weighted by Gasteiger charge is -2.30. The Balaban J connectivity index is 2.00. The van der Waals surface area contributed by atoms with Crippen molar-refractivity contribution in [3.63, 3.8) is 0 Å². The van der Waals surface area contributed by atoms with Crippen LogP contribution in [0.5, 0.6) is 5.75 Å². The van der Waals surface area contributed by atoms with Gasteiger partial charge in [-0.15, -0.1) is 0 Å². The summed E-state index contributed by atoms with van der Waals surface area (Å²) in [5.41, 5.74) is 1.33. The summed E-state index contributed by atoms with van der Waals surface area (Å²) in [4.78, 5) is 11.8. The Bertz CT molecular complexity index is 456. The van der Waals surface area contributed by atoms with Crippen molar-refractivity contribution in [1.82, 2.24) is 5.32 Å². The number of ether oxygens (including phenoxy) is 1. The molecule has 1 N–H and O–H groups in total. The third kappa shape index (κ3) is 3.75. The SMILES string of the molecule is COc1cccc([C@H]2CCC[C@@H](NC(=O)C(C)C)C2)c1. The molecule has 2 atom stereocenters. The molecule has 0 radical (unpaired) electrons. The van der Waals surface area contributed by atoms with E-state index in [0.717, 1.165) is 18.6 Å². The molecule has 1 fully saturated rings. The zero-order valence-corrected chi connectivity index (χ0v) is 12.7. The fourth-order valence-corrected chi connectivity index (χ4v) is 2.89. The van der Waals surface area contributed by atoms with E-state index in [2.05, 4.69) is 17.4 Å². The Hall–Kier alpha value is -1.51. The fourth-order valence-electron chi connectivity index (χ4n) is 2.89. The van der Waals surface area contributed by atoms with Crippen LogP contribution < -0.4 is 10.1 Å². The van der Waals surface area contributed by atoms with Gasteiger partial charge in [0.1, 0.15) is 5.75 Å². The third-order valence-electron chi connectivity index (χ3n) is 4.11. The molecule has 0 aromatic heterocycles. The number of benzene rings is 1. The predicted molar refractivity (Wildman–Crippen MR) is 81.0 cm³/mol. The van der Waals surface area contributed by atoms with Gasteiger partial charge in [-0.3, -0.25) is 4.79 Å². The molecule has 1 saturated carbocycles. The maximum absolute atomic E-state index is 11.8. The summed E-state index contributed by atoms with van der Waals surface area (Å²) in [6.07, 6.45) is 4.50. The highest BCUT2D eigenvalue weighted by Gasteiger charge is 2.25. The molecule has 110 valence electrons. The van der Waals surface area contributed by atoms with Crippen LogP contribution in [-0.4, -0.2) is 19.1 Å². The van der Waals surface area contributed by atoms with Gasteiger partial charge in [-0.25, -0.2) is 0 Å². The number of rotatable bonds is 4. The molecule has 0 unspecified atom stereocenters. The van der Waals surface area contributed by atoms with Gasteiger partial charge in [0.2, 0.25) is 5.91 Å². The Kier molecular flexibility index (Phi) is 5.05. The highest BCUT2D eigenvalue weighted by Crippen LogP contribution is 2.34. The Morgan fingerprint density at radius 2 is 2.15 bits per heavy atom.